The summed E-state index contributed by atoms with van der Waals surface area (Å²) in [7, 11) is 0. The molecule has 4 fully saturated rings. The maximum absolute atomic E-state index is 12.5. The molecule has 1 N–H and O–H groups in total. The number of imide groups is 2. The second kappa shape index (κ2) is 3.93. The van der Waals surface area contributed by atoms with Gasteiger partial charge in [0.05, 0.1) is 0 Å². The predicted octanol–water partition coefficient (Wildman–Crippen LogP) is 0.501. The van der Waals surface area contributed by atoms with Crippen LogP contribution in [0.25, 0.3) is 0 Å². The lowest BCUT2D eigenvalue weighted by molar-refractivity contribution is -0.189. The average molecular weight is 290 g/mol. The molecule has 4 aliphatic rings. The van der Waals surface area contributed by atoms with Crippen LogP contribution >= 0.6 is 0 Å². The molecule has 2 saturated carbocycles. The van der Waals surface area contributed by atoms with E-state index in [1.807, 2.05) is 0 Å². The van der Waals surface area contributed by atoms with Gasteiger partial charge in [0, 0.05) is 6.04 Å². The molecule has 4 amide bonds. The molecule has 0 aromatic rings. The molecule has 21 heavy (non-hydrogen) atoms. The van der Waals surface area contributed by atoms with Gasteiger partial charge in [-0.15, -0.1) is 0 Å². The Morgan fingerprint density at radius 3 is 1.76 bits per heavy atom. The van der Waals surface area contributed by atoms with Gasteiger partial charge in [0.1, 0.15) is 10.8 Å². The highest BCUT2D eigenvalue weighted by molar-refractivity contribution is 6.24. The SMILES string of the molecule is O=C1NC(=O)C12CCC1(CC2)C(=O)N(C2CCCC2)C1=O. The molecule has 2 aliphatic heterocycles. The summed E-state index contributed by atoms with van der Waals surface area (Å²) in [4.78, 5) is 49.8. The van der Waals surface area contributed by atoms with Gasteiger partial charge >= 0.3 is 0 Å². The fraction of sp³-hybridized carbons (Fsp3) is 0.733. The van der Waals surface area contributed by atoms with Crippen LogP contribution in [0.1, 0.15) is 51.4 Å². The monoisotopic (exact) mass is 290 g/mol. The number of carbonyl (C=O) groups excluding carboxylic acids is 4. The molecule has 0 atom stereocenters. The molecule has 2 aliphatic carbocycles. The largest absolute Gasteiger partial charge is 0.295 e. The van der Waals surface area contributed by atoms with Crippen LogP contribution in [-0.2, 0) is 19.2 Å². The molecule has 4 rings (SSSR count). The Hall–Kier alpha value is -1.72. The van der Waals surface area contributed by atoms with Crippen molar-refractivity contribution < 1.29 is 19.2 Å². The van der Waals surface area contributed by atoms with Crippen molar-refractivity contribution in [3.05, 3.63) is 0 Å². The first-order chi connectivity index (χ1) is 10.0. The zero-order valence-corrected chi connectivity index (χ0v) is 11.8. The van der Waals surface area contributed by atoms with Crippen LogP contribution in [-0.4, -0.2) is 34.6 Å². The fourth-order valence-corrected chi connectivity index (χ4v) is 4.45. The third-order valence-electron chi connectivity index (χ3n) is 6.00. The van der Waals surface area contributed by atoms with Gasteiger partial charge in [-0.3, -0.25) is 29.4 Å². The minimum atomic E-state index is -0.945. The number of carbonyl (C=O) groups is 4. The second-order valence-corrected chi connectivity index (χ2v) is 6.87. The van der Waals surface area contributed by atoms with Gasteiger partial charge in [0.25, 0.3) is 0 Å². The average Bonchev–Trinajstić information content (AvgIpc) is 3.01. The molecule has 0 aromatic heterocycles. The molecule has 6 nitrogen and oxygen atoms in total. The van der Waals surface area contributed by atoms with Crippen LogP contribution in [0.5, 0.6) is 0 Å². The topological polar surface area (TPSA) is 83.6 Å². The zero-order chi connectivity index (χ0) is 14.8. The van der Waals surface area contributed by atoms with Crippen molar-refractivity contribution in [3.8, 4) is 0 Å². The third-order valence-corrected chi connectivity index (χ3v) is 6.00. The minimum Gasteiger partial charge on any atom is -0.295 e. The molecule has 6 heteroatoms. The van der Waals surface area contributed by atoms with Gasteiger partial charge in [0.15, 0.2) is 0 Å². The van der Waals surface area contributed by atoms with Gasteiger partial charge in [-0.1, -0.05) is 12.8 Å². The summed E-state index contributed by atoms with van der Waals surface area (Å²) in [5.74, 6) is -0.619. The first-order valence-corrected chi connectivity index (χ1v) is 7.75. The summed E-state index contributed by atoms with van der Waals surface area (Å²) >= 11 is 0. The highest BCUT2D eigenvalue weighted by Crippen LogP contribution is 2.54. The number of rotatable bonds is 1. The van der Waals surface area contributed by atoms with E-state index in [2.05, 4.69) is 5.32 Å². The van der Waals surface area contributed by atoms with Crippen molar-refractivity contribution in [2.24, 2.45) is 10.8 Å². The predicted molar refractivity (Wildman–Crippen MR) is 70.6 cm³/mol. The van der Waals surface area contributed by atoms with Crippen LogP contribution in [0.4, 0.5) is 0 Å². The lowest BCUT2D eigenvalue weighted by Crippen LogP contribution is -2.72. The van der Waals surface area contributed by atoms with Gasteiger partial charge in [-0.05, 0) is 38.5 Å². The fourth-order valence-electron chi connectivity index (χ4n) is 4.45. The van der Waals surface area contributed by atoms with Gasteiger partial charge in [0.2, 0.25) is 23.6 Å². The molecule has 2 saturated heterocycles. The van der Waals surface area contributed by atoms with Crippen molar-refractivity contribution in [2.75, 3.05) is 0 Å². The van der Waals surface area contributed by atoms with Crippen LogP contribution < -0.4 is 5.32 Å². The lowest BCUT2D eigenvalue weighted by atomic mass is 9.57. The summed E-state index contributed by atoms with van der Waals surface area (Å²) in [5.41, 5.74) is -1.87. The highest BCUT2D eigenvalue weighted by Gasteiger charge is 2.68. The van der Waals surface area contributed by atoms with Crippen LogP contribution in [0.15, 0.2) is 0 Å². The van der Waals surface area contributed by atoms with E-state index in [1.165, 1.54) is 4.90 Å². The summed E-state index contributed by atoms with van der Waals surface area (Å²) in [5, 5.41) is 2.25. The molecule has 2 spiro atoms. The van der Waals surface area contributed by atoms with E-state index >= 15 is 0 Å². The number of hydrogen-bond acceptors (Lipinski definition) is 4. The Kier molecular flexibility index (Phi) is 2.43. The van der Waals surface area contributed by atoms with Crippen molar-refractivity contribution in [1.29, 1.82) is 0 Å². The van der Waals surface area contributed by atoms with E-state index in [-0.39, 0.29) is 29.7 Å². The van der Waals surface area contributed by atoms with Crippen molar-refractivity contribution in [3.63, 3.8) is 0 Å². The molecule has 0 aromatic carbocycles. The molecule has 0 radical (unpaired) electrons. The lowest BCUT2D eigenvalue weighted by Gasteiger charge is -2.54. The van der Waals surface area contributed by atoms with Crippen LogP contribution in [0.2, 0.25) is 0 Å². The first kappa shape index (κ1) is 13.0. The van der Waals surface area contributed by atoms with E-state index < -0.39 is 10.8 Å². The molecular formula is C15H18N2O4. The molecular weight excluding hydrogens is 272 g/mol. The van der Waals surface area contributed by atoms with Gasteiger partial charge in [-0.2, -0.15) is 0 Å². The second-order valence-electron chi connectivity index (χ2n) is 6.87. The van der Waals surface area contributed by atoms with Crippen molar-refractivity contribution >= 4 is 23.6 Å². The van der Waals surface area contributed by atoms with Gasteiger partial charge in [-0.25, -0.2) is 0 Å². The van der Waals surface area contributed by atoms with Crippen LogP contribution in [0, 0.1) is 10.8 Å². The van der Waals surface area contributed by atoms with E-state index in [4.69, 9.17) is 0 Å². The summed E-state index contributed by atoms with van der Waals surface area (Å²) < 4.78 is 0. The van der Waals surface area contributed by atoms with E-state index in [9.17, 15) is 19.2 Å². The van der Waals surface area contributed by atoms with E-state index in [1.54, 1.807) is 0 Å². The molecule has 0 bridgehead atoms. The highest BCUT2D eigenvalue weighted by atomic mass is 16.2. The number of β-lactam (4-membered cyclic amide) rings is 4. The zero-order valence-electron chi connectivity index (χ0n) is 11.8. The third kappa shape index (κ3) is 1.38. The number of nitrogens with one attached hydrogen (secondary N) is 1. The summed E-state index contributed by atoms with van der Waals surface area (Å²) in [6.45, 7) is 0. The first-order valence-electron chi connectivity index (χ1n) is 7.75. The van der Waals surface area contributed by atoms with E-state index in [0.717, 1.165) is 25.7 Å². The Balaban J connectivity index is 1.51. The molecule has 112 valence electrons. The Bertz CT molecular complexity index is 534. The molecule has 2 heterocycles. The van der Waals surface area contributed by atoms with Crippen molar-refractivity contribution in [1.82, 2.24) is 10.2 Å². The Morgan fingerprint density at radius 2 is 1.29 bits per heavy atom. The maximum Gasteiger partial charge on any atom is 0.245 e. The quantitative estimate of drug-likeness (QED) is 0.563. The van der Waals surface area contributed by atoms with Gasteiger partial charge < -0.3 is 0 Å². The van der Waals surface area contributed by atoms with Crippen molar-refractivity contribution in [2.45, 2.75) is 57.4 Å². The van der Waals surface area contributed by atoms with Crippen LogP contribution in [0.3, 0.4) is 0 Å². The Morgan fingerprint density at radius 1 is 0.810 bits per heavy atom. The Labute approximate surface area is 122 Å². The summed E-state index contributed by atoms with van der Waals surface area (Å²) in [6, 6.07) is 0.0835. The maximum atomic E-state index is 12.5. The number of likely N-dealkylation sites (tertiary alicyclic amines) is 1. The number of amides is 4. The normalized spacial score (nSPS) is 30.6. The number of hydrogen-bond donors (Lipinski definition) is 1. The standard InChI is InChI=1S/C15H18N2O4/c18-10-14(11(19)16-10)5-7-15(8-6-14)12(20)17(13(15)21)9-3-1-2-4-9/h9H,1-8H2,(H,16,18,19). The van der Waals surface area contributed by atoms with E-state index in [0.29, 0.717) is 25.7 Å². The summed E-state index contributed by atoms with van der Waals surface area (Å²) in [6.07, 6.45) is 5.32. The smallest absolute Gasteiger partial charge is 0.245 e. The minimum absolute atomic E-state index is 0.0681. The molecule has 0 unspecified atom stereocenters. The number of nitrogens with zero attached hydrogens (tertiary/aromatic N) is 1.